The minimum absolute atomic E-state index is 0.0610. The Morgan fingerprint density at radius 1 is 1.03 bits per heavy atom. The maximum absolute atomic E-state index is 13.1. The van der Waals surface area contributed by atoms with E-state index >= 15 is 0 Å². The van der Waals surface area contributed by atoms with Gasteiger partial charge in [-0.25, -0.2) is 18.3 Å². The number of rotatable bonds is 6. The third kappa shape index (κ3) is 5.17. The molecule has 0 radical (unpaired) electrons. The Morgan fingerprint density at radius 3 is 2.42 bits per heavy atom. The lowest BCUT2D eigenvalue weighted by Crippen LogP contribution is -2.39. The van der Waals surface area contributed by atoms with Crippen LogP contribution in [0.3, 0.4) is 0 Å². The van der Waals surface area contributed by atoms with Crippen molar-refractivity contribution in [1.29, 1.82) is 0 Å². The molecular formula is C22H23F2N5O2. The van der Waals surface area contributed by atoms with E-state index in [1.807, 2.05) is 0 Å². The summed E-state index contributed by atoms with van der Waals surface area (Å²) in [6.07, 6.45) is 1.87. The molecule has 0 aliphatic carbocycles. The van der Waals surface area contributed by atoms with Gasteiger partial charge in [0.15, 0.2) is 0 Å². The predicted molar refractivity (Wildman–Crippen MR) is 112 cm³/mol. The molecule has 0 saturated heterocycles. The highest BCUT2D eigenvalue weighted by molar-refractivity contribution is 5.80. The highest BCUT2D eigenvalue weighted by Crippen LogP contribution is 2.13. The summed E-state index contributed by atoms with van der Waals surface area (Å²) >= 11 is 0. The zero-order chi connectivity index (χ0) is 21.8. The number of hydrogen-bond acceptors (Lipinski definition) is 4. The van der Waals surface area contributed by atoms with Crippen LogP contribution >= 0.6 is 0 Å². The monoisotopic (exact) mass is 427 g/mol. The first-order valence-corrected chi connectivity index (χ1v) is 10.2. The van der Waals surface area contributed by atoms with Gasteiger partial charge in [-0.2, -0.15) is 5.10 Å². The number of aryl methyl sites for hydroxylation is 1. The number of carbonyl (C=O) groups excluding carboxylic acids is 1. The van der Waals surface area contributed by atoms with Gasteiger partial charge in [-0.15, -0.1) is 0 Å². The second-order valence-electron chi connectivity index (χ2n) is 7.59. The van der Waals surface area contributed by atoms with Gasteiger partial charge in [0.1, 0.15) is 17.5 Å². The normalized spacial score (nSPS) is 15.7. The van der Waals surface area contributed by atoms with Gasteiger partial charge in [0, 0.05) is 24.7 Å². The van der Waals surface area contributed by atoms with Crippen LogP contribution in [0.4, 0.5) is 14.5 Å². The quantitative estimate of drug-likeness (QED) is 0.633. The lowest BCUT2D eigenvalue weighted by atomic mass is 10.1. The largest absolute Gasteiger partial charge is 0.376 e. The van der Waals surface area contributed by atoms with Crippen molar-refractivity contribution in [3.63, 3.8) is 0 Å². The maximum Gasteiger partial charge on any atom is 0.346 e. The second kappa shape index (κ2) is 9.11. The summed E-state index contributed by atoms with van der Waals surface area (Å²) in [5.41, 5.74) is 1.26. The summed E-state index contributed by atoms with van der Waals surface area (Å²) < 4.78 is 29.1. The molecule has 7 nitrogen and oxygen atoms in total. The standard InChI is InChI=1S/C22H23F2N5O2/c23-16-3-1-15(2-4-16)14-29-22(31)28-12-11-19(9-10-20(28)27-29)26-21(30)13-25-18-7-5-17(24)6-8-18/h1-8,19,25H,9-14H2,(H,26,30). The van der Waals surface area contributed by atoms with Crippen molar-refractivity contribution in [2.45, 2.75) is 38.4 Å². The Hall–Kier alpha value is -3.49. The zero-order valence-electron chi connectivity index (χ0n) is 16.9. The van der Waals surface area contributed by atoms with Crippen LogP contribution in [0.5, 0.6) is 0 Å². The van der Waals surface area contributed by atoms with E-state index in [2.05, 4.69) is 15.7 Å². The number of anilines is 1. The fourth-order valence-electron chi connectivity index (χ4n) is 3.67. The molecule has 0 fully saturated rings. The van der Waals surface area contributed by atoms with Crippen LogP contribution in [0.1, 0.15) is 24.2 Å². The first kappa shape index (κ1) is 20.8. The number of nitrogens with zero attached hydrogens (tertiary/aromatic N) is 3. The molecule has 9 heteroatoms. The molecule has 31 heavy (non-hydrogen) atoms. The van der Waals surface area contributed by atoms with Gasteiger partial charge in [-0.3, -0.25) is 9.36 Å². The van der Waals surface area contributed by atoms with Crippen LogP contribution in [0.15, 0.2) is 53.3 Å². The van der Waals surface area contributed by atoms with Crippen LogP contribution in [0.2, 0.25) is 0 Å². The number of fused-ring (bicyclic) bond motifs is 1. The second-order valence-corrected chi connectivity index (χ2v) is 7.59. The van der Waals surface area contributed by atoms with Crippen molar-refractivity contribution in [3.05, 3.63) is 82.0 Å². The van der Waals surface area contributed by atoms with Gasteiger partial charge in [0.25, 0.3) is 0 Å². The van der Waals surface area contributed by atoms with Gasteiger partial charge >= 0.3 is 5.69 Å². The fraction of sp³-hybridized carbons (Fsp3) is 0.318. The fourth-order valence-corrected chi connectivity index (χ4v) is 3.67. The average molecular weight is 427 g/mol. The molecule has 3 aromatic rings. The van der Waals surface area contributed by atoms with Gasteiger partial charge in [-0.05, 0) is 54.8 Å². The van der Waals surface area contributed by atoms with Crippen molar-refractivity contribution in [1.82, 2.24) is 19.7 Å². The number of nitrogens with one attached hydrogen (secondary N) is 2. The number of aromatic nitrogens is 3. The van der Waals surface area contributed by atoms with E-state index in [0.717, 1.165) is 5.56 Å². The Labute approximate surface area is 177 Å². The van der Waals surface area contributed by atoms with Crippen LogP contribution < -0.4 is 16.3 Å². The molecule has 162 valence electrons. The van der Waals surface area contributed by atoms with Crippen molar-refractivity contribution < 1.29 is 13.6 Å². The van der Waals surface area contributed by atoms with Gasteiger partial charge < -0.3 is 10.6 Å². The van der Waals surface area contributed by atoms with E-state index < -0.39 is 0 Å². The Morgan fingerprint density at radius 2 is 1.71 bits per heavy atom. The molecule has 1 aliphatic heterocycles. The first-order valence-electron chi connectivity index (χ1n) is 10.2. The molecule has 2 heterocycles. The lowest BCUT2D eigenvalue weighted by molar-refractivity contribution is -0.120. The van der Waals surface area contributed by atoms with E-state index in [1.54, 1.807) is 28.8 Å². The van der Waals surface area contributed by atoms with Gasteiger partial charge in [0.2, 0.25) is 5.91 Å². The molecule has 0 saturated carbocycles. The molecule has 0 bridgehead atoms. The molecule has 0 spiro atoms. The Bertz CT molecular complexity index is 1110. The number of benzene rings is 2. The number of hydrogen-bond donors (Lipinski definition) is 2. The minimum atomic E-state index is -0.331. The van der Waals surface area contributed by atoms with Crippen LogP contribution in [0.25, 0.3) is 0 Å². The van der Waals surface area contributed by atoms with Crippen LogP contribution in [0, 0.1) is 11.6 Å². The molecule has 2 N–H and O–H groups in total. The van der Waals surface area contributed by atoms with Crippen molar-refractivity contribution >= 4 is 11.6 Å². The smallest absolute Gasteiger partial charge is 0.346 e. The van der Waals surface area contributed by atoms with Crippen molar-refractivity contribution in [2.75, 3.05) is 11.9 Å². The highest BCUT2D eigenvalue weighted by atomic mass is 19.1. The average Bonchev–Trinajstić information content (AvgIpc) is 2.92. The Kier molecular flexibility index (Phi) is 6.11. The van der Waals surface area contributed by atoms with Crippen LogP contribution in [-0.2, 0) is 24.3 Å². The van der Waals surface area contributed by atoms with E-state index in [1.165, 1.54) is 28.9 Å². The SMILES string of the molecule is O=C(CNc1ccc(F)cc1)NC1CCc2nn(Cc3ccc(F)cc3)c(=O)n2CC1. The van der Waals surface area contributed by atoms with Gasteiger partial charge in [0.05, 0.1) is 13.1 Å². The summed E-state index contributed by atoms with van der Waals surface area (Å²) in [6.45, 7) is 0.833. The molecule has 1 aliphatic rings. The van der Waals surface area contributed by atoms with E-state index in [4.69, 9.17) is 0 Å². The maximum atomic E-state index is 13.1. The Balaban J connectivity index is 1.32. The van der Waals surface area contributed by atoms with Crippen molar-refractivity contribution in [3.8, 4) is 0 Å². The molecule has 1 unspecified atom stereocenters. The third-order valence-electron chi connectivity index (χ3n) is 5.33. The van der Waals surface area contributed by atoms with E-state index in [-0.39, 0.29) is 42.4 Å². The molecule has 1 aromatic heterocycles. The van der Waals surface area contributed by atoms with E-state index in [0.29, 0.717) is 37.3 Å². The zero-order valence-corrected chi connectivity index (χ0v) is 16.9. The summed E-state index contributed by atoms with van der Waals surface area (Å²) in [4.78, 5) is 25.0. The molecule has 2 aromatic carbocycles. The third-order valence-corrected chi connectivity index (χ3v) is 5.33. The minimum Gasteiger partial charge on any atom is -0.376 e. The number of halogens is 2. The van der Waals surface area contributed by atoms with Crippen LogP contribution in [-0.4, -0.2) is 32.8 Å². The van der Waals surface area contributed by atoms with Gasteiger partial charge in [-0.1, -0.05) is 12.1 Å². The summed E-state index contributed by atoms with van der Waals surface area (Å²) in [6, 6.07) is 11.7. The molecule has 1 atom stereocenters. The molecule has 4 rings (SSSR count). The summed E-state index contributed by atoms with van der Waals surface area (Å²) in [5, 5.41) is 10.4. The van der Waals surface area contributed by atoms with Crippen molar-refractivity contribution in [2.24, 2.45) is 0 Å². The number of amides is 1. The highest BCUT2D eigenvalue weighted by Gasteiger charge is 2.22. The molecular weight excluding hydrogens is 404 g/mol. The predicted octanol–water partition coefficient (Wildman–Crippen LogP) is 2.30. The van der Waals surface area contributed by atoms with E-state index in [9.17, 15) is 18.4 Å². The summed E-state index contributed by atoms with van der Waals surface area (Å²) in [5.74, 6) is -0.128. The molecule has 1 amide bonds. The number of carbonyl (C=O) groups is 1. The first-order chi connectivity index (χ1) is 15.0. The summed E-state index contributed by atoms with van der Waals surface area (Å²) in [7, 11) is 0. The lowest BCUT2D eigenvalue weighted by Gasteiger charge is -2.16. The topological polar surface area (TPSA) is 81.0 Å².